The molecular weight excluding hydrogens is 399 g/mol. The number of aromatic nitrogens is 4. The first-order valence-corrected chi connectivity index (χ1v) is 10.2. The summed E-state index contributed by atoms with van der Waals surface area (Å²) < 4.78 is 41.0. The van der Waals surface area contributed by atoms with Crippen LogP contribution in [0.4, 0.5) is 13.2 Å². The maximum absolute atomic E-state index is 13.1. The van der Waals surface area contributed by atoms with E-state index in [1.165, 1.54) is 6.20 Å². The summed E-state index contributed by atoms with van der Waals surface area (Å²) in [6.45, 7) is 0.333. The molecule has 160 valence electrons. The van der Waals surface area contributed by atoms with Crippen LogP contribution in [0.3, 0.4) is 0 Å². The number of hydrogen-bond acceptors (Lipinski definition) is 4. The smallest absolute Gasteiger partial charge is 0.346 e. The minimum atomic E-state index is -4.21. The van der Waals surface area contributed by atoms with Crippen LogP contribution in [0, 0.1) is 5.92 Å². The Bertz CT molecular complexity index is 1210. The summed E-state index contributed by atoms with van der Waals surface area (Å²) in [5.41, 5.74) is -1.46. The number of pyridine rings is 1. The summed E-state index contributed by atoms with van der Waals surface area (Å²) >= 11 is 0. The highest BCUT2D eigenvalue weighted by molar-refractivity contribution is 6.01. The molecule has 30 heavy (non-hydrogen) atoms. The highest BCUT2D eigenvalue weighted by atomic mass is 19.4. The summed E-state index contributed by atoms with van der Waals surface area (Å²) in [6.07, 6.45) is 2.04. The monoisotopic (exact) mass is 421 g/mol. The molecule has 0 saturated heterocycles. The van der Waals surface area contributed by atoms with Crippen LogP contribution in [0.25, 0.3) is 21.9 Å². The predicted octanol–water partition coefficient (Wildman–Crippen LogP) is 2.98. The average Bonchev–Trinajstić information content (AvgIpc) is 3.36. The molecule has 7 nitrogen and oxygen atoms in total. The molecule has 0 unspecified atom stereocenters. The molecule has 0 aromatic carbocycles. The number of nitrogens with one attached hydrogen (secondary N) is 3. The van der Waals surface area contributed by atoms with Gasteiger partial charge >= 0.3 is 11.9 Å². The van der Waals surface area contributed by atoms with Crippen LogP contribution in [0.1, 0.15) is 44.6 Å². The van der Waals surface area contributed by atoms with Crippen LogP contribution >= 0.6 is 0 Å². The fourth-order valence-electron chi connectivity index (χ4n) is 4.73. The molecule has 3 N–H and O–H groups in total. The fourth-order valence-corrected chi connectivity index (χ4v) is 4.73. The fraction of sp³-hybridized carbons (Fsp3) is 0.550. The Morgan fingerprint density at radius 2 is 1.90 bits per heavy atom. The number of H-pyrrole nitrogens is 2. The van der Waals surface area contributed by atoms with Crippen molar-refractivity contribution in [1.29, 1.82) is 0 Å². The van der Waals surface area contributed by atoms with Gasteiger partial charge in [-0.15, -0.1) is 0 Å². The number of fused-ring (bicyclic) bond motifs is 3. The van der Waals surface area contributed by atoms with Crippen LogP contribution in [0.15, 0.2) is 28.0 Å². The lowest BCUT2D eigenvalue weighted by Gasteiger charge is -2.32. The zero-order valence-corrected chi connectivity index (χ0v) is 16.2. The van der Waals surface area contributed by atoms with E-state index >= 15 is 0 Å². The van der Waals surface area contributed by atoms with Gasteiger partial charge in [-0.3, -0.25) is 14.3 Å². The average molecular weight is 421 g/mol. The van der Waals surface area contributed by atoms with Crippen molar-refractivity contribution < 1.29 is 13.2 Å². The zero-order valence-electron chi connectivity index (χ0n) is 16.2. The molecule has 2 saturated carbocycles. The molecule has 2 aliphatic rings. The molecule has 0 spiro atoms. The van der Waals surface area contributed by atoms with Gasteiger partial charge in [0.1, 0.15) is 11.2 Å². The normalized spacial score (nSPS) is 23.8. The predicted molar refractivity (Wildman–Crippen MR) is 105 cm³/mol. The van der Waals surface area contributed by atoms with Crippen LogP contribution < -0.4 is 16.6 Å². The third-order valence-electron chi connectivity index (χ3n) is 6.69. The second-order valence-corrected chi connectivity index (χ2v) is 8.53. The Morgan fingerprint density at radius 3 is 2.57 bits per heavy atom. The minimum absolute atomic E-state index is 0.119. The molecule has 0 radical (unpaired) electrons. The van der Waals surface area contributed by atoms with Crippen LogP contribution in [-0.4, -0.2) is 37.8 Å². The van der Waals surface area contributed by atoms with Crippen molar-refractivity contribution in [3.8, 4) is 0 Å². The van der Waals surface area contributed by atoms with E-state index in [1.807, 2.05) is 0 Å². The number of nitrogens with zero attached hydrogens (tertiary/aromatic N) is 2. The van der Waals surface area contributed by atoms with Crippen molar-refractivity contribution in [3.05, 3.63) is 39.3 Å². The van der Waals surface area contributed by atoms with Gasteiger partial charge in [-0.25, -0.2) is 9.78 Å². The largest absolute Gasteiger partial charge is 0.406 e. The van der Waals surface area contributed by atoms with E-state index in [0.717, 1.165) is 12.8 Å². The first-order valence-electron chi connectivity index (χ1n) is 10.2. The quantitative estimate of drug-likeness (QED) is 0.604. The third kappa shape index (κ3) is 3.05. The first kappa shape index (κ1) is 19.3. The van der Waals surface area contributed by atoms with Crippen molar-refractivity contribution in [2.24, 2.45) is 5.92 Å². The number of rotatable bonds is 4. The van der Waals surface area contributed by atoms with Crippen molar-refractivity contribution in [2.45, 2.75) is 56.3 Å². The van der Waals surface area contributed by atoms with Gasteiger partial charge in [0.2, 0.25) is 0 Å². The summed E-state index contributed by atoms with van der Waals surface area (Å²) in [7, 11) is 0. The number of halogens is 3. The molecule has 0 bridgehead atoms. The Morgan fingerprint density at radius 1 is 1.17 bits per heavy atom. The molecule has 0 amide bonds. The Labute approximate surface area is 168 Å². The molecule has 3 heterocycles. The van der Waals surface area contributed by atoms with Gasteiger partial charge < -0.3 is 10.3 Å². The molecule has 2 fully saturated rings. The lowest BCUT2D eigenvalue weighted by atomic mass is 9.85. The molecule has 3 aromatic rings. The van der Waals surface area contributed by atoms with Gasteiger partial charge in [0.25, 0.3) is 5.56 Å². The lowest BCUT2D eigenvalue weighted by Crippen LogP contribution is -2.47. The molecule has 2 aliphatic carbocycles. The minimum Gasteiger partial charge on any atom is -0.346 e. The van der Waals surface area contributed by atoms with E-state index in [1.54, 1.807) is 16.8 Å². The molecule has 0 aliphatic heterocycles. The summed E-state index contributed by atoms with van der Waals surface area (Å²) in [6, 6.07) is 1.67. The SMILES string of the molecule is O=c1[nH]c(=O)n([C@H]2CC[C@H](CNC3(C(F)(F)F)CC3)CC2)c2c1cnc1[nH]ccc12. The maximum Gasteiger partial charge on any atom is 0.406 e. The number of hydrogen-bond donors (Lipinski definition) is 3. The molecule has 10 heteroatoms. The van der Waals surface area contributed by atoms with Gasteiger partial charge in [0, 0.05) is 23.8 Å². The summed E-state index contributed by atoms with van der Waals surface area (Å²) in [5.74, 6) is 0.139. The van der Waals surface area contributed by atoms with Gasteiger partial charge in [0.15, 0.2) is 0 Å². The van der Waals surface area contributed by atoms with Crippen molar-refractivity contribution in [2.75, 3.05) is 6.54 Å². The topological polar surface area (TPSA) is 95.6 Å². The number of alkyl halides is 3. The van der Waals surface area contributed by atoms with E-state index in [2.05, 4.69) is 20.3 Å². The van der Waals surface area contributed by atoms with Crippen LogP contribution in [-0.2, 0) is 0 Å². The lowest BCUT2D eigenvalue weighted by molar-refractivity contribution is -0.166. The summed E-state index contributed by atoms with van der Waals surface area (Å²) in [4.78, 5) is 34.6. The Balaban J connectivity index is 1.38. The zero-order chi connectivity index (χ0) is 21.1. The van der Waals surface area contributed by atoms with Crippen molar-refractivity contribution in [1.82, 2.24) is 24.8 Å². The van der Waals surface area contributed by atoms with E-state index in [4.69, 9.17) is 0 Å². The van der Waals surface area contributed by atoms with Crippen LogP contribution in [0.2, 0.25) is 0 Å². The number of aromatic amines is 2. The second kappa shape index (κ2) is 6.69. The molecular formula is C20H22F3N5O2. The summed E-state index contributed by atoms with van der Waals surface area (Å²) in [5, 5.41) is 3.81. The van der Waals surface area contributed by atoms with Gasteiger partial charge in [-0.1, -0.05) is 0 Å². The highest BCUT2D eigenvalue weighted by Gasteiger charge is 2.63. The Kier molecular flexibility index (Phi) is 4.32. The van der Waals surface area contributed by atoms with Crippen LogP contribution in [0.5, 0.6) is 0 Å². The van der Waals surface area contributed by atoms with Gasteiger partial charge in [-0.2, -0.15) is 13.2 Å². The maximum atomic E-state index is 13.1. The second-order valence-electron chi connectivity index (χ2n) is 8.53. The first-order chi connectivity index (χ1) is 14.3. The van der Waals surface area contributed by atoms with E-state index in [9.17, 15) is 22.8 Å². The molecule has 3 aromatic heterocycles. The highest BCUT2D eigenvalue weighted by Crippen LogP contribution is 2.49. The van der Waals surface area contributed by atoms with E-state index in [-0.39, 0.29) is 24.8 Å². The standard InChI is InChI=1S/C20H22F3N5O2/c21-20(22,23)19(6-7-19)26-9-11-1-3-12(4-2-11)28-15-13-5-8-24-16(13)25-10-14(15)17(29)27-18(28)30/h5,8,10-12,26H,1-4,6-7,9H2,(H,24,25)(H,27,29,30)/t11-,12-. The van der Waals surface area contributed by atoms with Gasteiger partial charge in [0.05, 0.1) is 10.9 Å². The van der Waals surface area contributed by atoms with E-state index < -0.39 is 23.0 Å². The third-order valence-corrected chi connectivity index (χ3v) is 6.69. The van der Waals surface area contributed by atoms with E-state index in [0.29, 0.717) is 41.3 Å². The molecule has 5 rings (SSSR count). The van der Waals surface area contributed by atoms with Crippen molar-refractivity contribution in [3.63, 3.8) is 0 Å². The van der Waals surface area contributed by atoms with Crippen molar-refractivity contribution >= 4 is 21.9 Å². The van der Waals surface area contributed by atoms with Gasteiger partial charge in [-0.05, 0) is 57.1 Å². The Hall–Kier alpha value is -2.62. The molecule has 0 atom stereocenters.